The fourth-order valence-electron chi connectivity index (χ4n) is 1.68. The molecule has 0 aliphatic heterocycles. The van der Waals surface area contributed by atoms with E-state index < -0.39 is 0 Å². The van der Waals surface area contributed by atoms with Gasteiger partial charge in [0, 0.05) is 12.4 Å². The van der Waals surface area contributed by atoms with E-state index in [1.54, 1.807) is 30.6 Å². The lowest BCUT2D eigenvalue weighted by Crippen LogP contribution is -2.26. The fourth-order valence-corrected chi connectivity index (χ4v) is 1.68. The molecule has 92 valence electrons. The number of nitrogens with one attached hydrogen (secondary N) is 1. The quantitative estimate of drug-likeness (QED) is 0.868. The van der Waals surface area contributed by atoms with Crippen LogP contribution in [0.2, 0.25) is 0 Å². The van der Waals surface area contributed by atoms with Gasteiger partial charge in [0.05, 0.1) is 11.6 Å². The first-order valence-electron chi connectivity index (χ1n) is 5.67. The van der Waals surface area contributed by atoms with Crippen molar-refractivity contribution in [2.24, 2.45) is 0 Å². The van der Waals surface area contributed by atoms with E-state index in [0.29, 0.717) is 0 Å². The van der Waals surface area contributed by atoms with Crippen LogP contribution in [0.25, 0.3) is 0 Å². The van der Waals surface area contributed by atoms with Gasteiger partial charge >= 0.3 is 0 Å². The van der Waals surface area contributed by atoms with Crippen LogP contribution in [-0.2, 0) is 0 Å². The lowest BCUT2D eigenvalue weighted by molar-refractivity contribution is 0.0937. The molecule has 2 rings (SSSR count). The minimum atomic E-state index is -0.294. The zero-order chi connectivity index (χ0) is 13.0. The number of carbonyl (C=O) groups is 1. The first kappa shape index (κ1) is 12.1. The molecule has 1 aromatic carbocycles. The predicted molar refractivity (Wildman–Crippen MR) is 68.2 cm³/mol. The van der Waals surface area contributed by atoms with Gasteiger partial charge < -0.3 is 10.4 Å². The molecule has 0 saturated carbocycles. The molecular formula is C14H14N2O2. The summed E-state index contributed by atoms with van der Waals surface area (Å²) in [6.07, 6.45) is 3.36. The van der Waals surface area contributed by atoms with Crippen LogP contribution in [0, 0.1) is 0 Å². The summed E-state index contributed by atoms with van der Waals surface area (Å²) in [5.41, 5.74) is 1.24. The molecule has 2 aromatic rings. The average Bonchev–Trinajstić information content (AvgIpc) is 2.40. The van der Waals surface area contributed by atoms with E-state index in [-0.39, 0.29) is 23.3 Å². The number of aromatic hydroxyl groups is 1. The lowest BCUT2D eigenvalue weighted by Gasteiger charge is -2.14. The average molecular weight is 242 g/mol. The molecule has 0 fully saturated rings. The second kappa shape index (κ2) is 5.31. The van der Waals surface area contributed by atoms with Gasteiger partial charge in [0.2, 0.25) is 0 Å². The smallest absolute Gasteiger partial charge is 0.255 e. The molecule has 1 unspecified atom stereocenters. The van der Waals surface area contributed by atoms with Gasteiger partial charge in [0.25, 0.3) is 5.91 Å². The Hall–Kier alpha value is -2.36. The third-order valence-corrected chi connectivity index (χ3v) is 2.70. The largest absolute Gasteiger partial charge is 0.507 e. The summed E-state index contributed by atoms with van der Waals surface area (Å²) in [6, 6.07) is 10.0. The summed E-state index contributed by atoms with van der Waals surface area (Å²) < 4.78 is 0. The highest BCUT2D eigenvalue weighted by Gasteiger charge is 2.13. The van der Waals surface area contributed by atoms with Gasteiger partial charge in [-0.3, -0.25) is 9.78 Å². The van der Waals surface area contributed by atoms with Crippen molar-refractivity contribution in [3.05, 3.63) is 59.9 Å². The minimum Gasteiger partial charge on any atom is -0.507 e. The van der Waals surface area contributed by atoms with E-state index in [4.69, 9.17) is 0 Å². The molecule has 1 aromatic heterocycles. The molecule has 0 aliphatic carbocycles. The summed E-state index contributed by atoms with van der Waals surface area (Å²) in [5, 5.41) is 12.4. The Bertz CT molecular complexity index is 541. The highest BCUT2D eigenvalue weighted by atomic mass is 16.3. The topological polar surface area (TPSA) is 62.2 Å². The molecule has 1 atom stereocenters. The normalized spacial score (nSPS) is 11.8. The van der Waals surface area contributed by atoms with Gasteiger partial charge in [-0.1, -0.05) is 12.1 Å². The van der Waals surface area contributed by atoms with E-state index in [2.05, 4.69) is 10.3 Å². The Morgan fingerprint density at radius 3 is 2.56 bits per heavy atom. The Kier molecular flexibility index (Phi) is 3.57. The number of benzene rings is 1. The Labute approximate surface area is 105 Å². The number of para-hydroxylation sites is 1. The molecule has 4 heteroatoms. The van der Waals surface area contributed by atoms with Gasteiger partial charge in [0.1, 0.15) is 5.75 Å². The van der Waals surface area contributed by atoms with Gasteiger partial charge in [-0.05, 0) is 36.8 Å². The second-order valence-electron chi connectivity index (χ2n) is 3.99. The number of pyridine rings is 1. The maximum absolute atomic E-state index is 12.0. The third-order valence-electron chi connectivity index (χ3n) is 2.70. The number of aromatic nitrogens is 1. The van der Waals surface area contributed by atoms with Crippen molar-refractivity contribution in [2.45, 2.75) is 13.0 Å². The number of rotatable bonds is 3. The summed E-state index contributed by atoms with van der Waals surface area (Å²) in [5.74, 6) is -0.311. The molecule has 0 saturated heterocycles. The number of carbonyl (C=O) groups excluding carboxylic acids is 1. The van der Waals surface area contributed by atoms with E-state index in [9.17, 15) is 9.90 Å². The monoisotopic (exact) mass is 242 g/mol. The van der Waals surface area contributed by atoms with Crippen LogP contribution in [0.1, 0.15) is 28.9 Å². The van der Waals surface area contributed by atoms with E-state index in [0.717, 1.165) is 5.56 Å². The highest BCUT2D eigenvalue weighted by Crippen LogP contribution is 2.17. The number of phenols is 1. The molecule has 0 bridgehead atoms. The zero-order valence-corrected chi connectivity index (χ0v) is 10.00. The standard InChI is InChI=1S/C14H14N2O2/c1-10(11-6-8-15-9-7-11)16-14(18)12-4-2-3-5-13(12)17/h2-10,17H,1H3,(H,16,18). The SMILES string of the molecule is CC(NC(=O)c1ccccc1O)c1ccncc1. The molecule has 0 radical (unpaired) electrons. The van der Waals surface area contributed by atoms with Crippen LogP contribution in [0.4, 0.5) is 0 Å². The molecule has 1 amide bonds. The third kappa shape index (κ3) is 2.66. The molecule has 4 nitrogen and oxygen atoms in total. The van der Waals surface area contributed by atoms with Gasteiger partial charge in [-0.2, -0.15) is 0 Å². The molecule has 18 heavy (non-hydrogen) atoms. The molecule has 1 heterocycles. The number of amides is 1. The Morgan fingerprint density at radius 2 is 1.89 bits per heavy atom. The van der Waals surface area contributed by atoms with Crippen molar-refractivity contribution in [2.75, 3.05) is 0 Å². The van der Waals surface area contributed by atoms with Crippen LogP contribution < -0.4 is 5.32 Å². The van der Waals surface area contributed by atoms with Gasteiger partial charge in [-0.15, -0.1) is 0 Å². The Morgan fingerprint density at radius 1 is 1.22 bits per heavy atom. The van der Waals surface area contributed by atoms with Crippen LogP contribution in [0.5, 0.6) is 5.75 Å². The van der Waals surface area contributed by atoms with E-state index in [1.165, 1.54) is 6.07 Å². The van der Waals surface area contributed by atoms with E-state index >= 15 is 0 Å². The van der Waals surface area contributed by atoms with Crippen LogP contribution >= 0.6 is 0 Å². The number of phenolic OH excluding ortho intramolecular Hbond substituents is 1. The maximum Gasteiger partial charge on any atom is 0.255 e. The first-order chi connectivity index (χ1) is 8.68. The van der Waals surface area contributed by atoms with Crippen LogP contribution in [0.3, 0.4) is 0 Å². The summed E-state index contributed by atoms with van der Waals surface area (Å²) in [6.45, 7) is 1.88. The summed E-state index contributed by atoms with van der Waals surface area (Å²) in [7, 11) is 0. The van der Waals surface area contributed by atoms with Crippen molar-refractivity contribution in [1.29, 1.82) is 0 Å². The zero-order valence-electron chi connectivity index (χ0n) is 10.00. The molecule has 2 N–H and O–H groups in total. The summed E-state index contributed by atoms with van der Waals surface area (Å²) >= 11 is 0. The number of hydrogen-bond donors (Lipinski definition) is 2. The van der Waals surface area contributed by atoms with Crippen LogP contribution in [0.15, 0.2) is 48.8 Å². The second-order valence-corrected chi connectivity index (χ2v) is 3.99. The molecule has 0 aliphatic rings. The van der Waals surface area contributed by atoms with Crippen molar-refractivity contribution < 1.29 is 9.90 Å². The Balaban J connectivity index is 2.11. The first-order valence-corrected chi connectivity index (χ1v) is 5.67. The van der Waals surface area contributed by atoms with Gasteiger partial charge in [-0.25, -0.2) is 0 Å². The summed E-state index contributed by atoms with van der Waals surface area (Å²) in [4.78, 5) is 15.9. The fraction of sp³-hybridized carbons (Fsp3) is 0.143. The van der Waals surface area contributed by atoms with Crippen molar-refractivity contribution in [3.8, 4) is 5.75 Å². The number of hydrogen-bond acceptors (Lipinski definition) is 3. The van der Waals surface area contributed by atoms with E-state index in [1.807, 2.05) is 19.1 Å². The maximum atomic E-state index is 12.0. The van der Waals surface area contributed by atoms with Crippen molar-refractivity contribution in [1.82, 2.24) is 10.3 Å². The van der Waals surface area contributed by atoms with Crippen molar-refractivity contribution >= 4 is 5.91 Å². The van der Waals surface area contributed by atoms with Crippen LogP contribution in [-0.4, -0.2) is 16.0 Å². The predicted octanol–water partition coefficient (Wildman–Crippen LogP) is 2.28. The van der Waals surface area contributed by atoms with Gasteiger partial charge in [0.15, 0.2) is 0 Å². The minimum absolute atomic E-state index is 0.0167. The molecular weight excluding hydrogens is 228 g/mol. The lowest BCUT2D eigenvalue weighted by atomic mass is 10.1. The van der Waals surface area contributed by atoms with Crippen molar-refractivity contribution in [3.63, 3.8) is 0 Å². The molecule has 0 spiro atoms. The highest BCUT2D eigenvalue weighted by molar-refractivity contribution is 5.96. The number of nitrogens with zero attached hydrogens (tertiary/aromatic N) is 1.